The third kappa shape index (κ3) is 2.42. The molecule has 2 N–H and O–H groups in total. The highest BCUT2D eigenvalue weighted by Gasteiger charge is 2.10. The van der Waals surface area contributed by atoms with Crippen molar-refractivity contribution in [1.29, 1.82) is 0 Å². The molecule has 2 unspecified atom stereocenters. The molecular formula is C10H16N2O. The predicted octanol–water partition coefficient (Wildman–Crippen LogP) is 1.54. The lowest BCUT2D eigenvalue weighted by Crippen LogP contribution is -2.22. The zero-order chi connectivity index (χ0) is 9.84. The summed E-state index contributed by atoms with van der Waals surface area (Å²) in [7, 11) is 1.61. The highest BCUT2D eigenvalue weighted by atomic mass is 16.5. The Labute approximate surface area is 78.9 Å². The van der Waals surface area contributed by atoms with Crippen LogP contribution < -0.4 is 10.5 Å². The minimum atomic E-state index is 0.145. The smallest absolute Gasteiger partial charge is 0.213 e. The van der Waals surface area contributed by atoms with Gasteiger partial charge in [0.1, 0.15) is 0 Å². The van der Waals surface area contributed by atoms with Gasteiger partial charge >= 0.3 is 0 Å². The summed E-state index contributed by atoms with van der Waals surface area (Å²) >= 11 is 0. The van der Waals surface area contributed by atoms with Gasteiger partial charge in [0.25, 0.3) is 0 Å². The highest BCUT2D eigenvalue weighted by Crippen LogP contribution is 2.20. The SMILES string of the molecule is COc1cc(C(C)C(C)N)ccn1. The molecule has 1 rings (SSSR count). The fourth-order valence-corrected chi connectivity index (χ4v) is 1.12. The first kappa shape index (κ1) is 9.99. The summed E-state index contributed by atoms with van der Waals surface area (Å²) in [5.74, 6) is 0.974. The number of nitrogens with zero attached hydrogens (tertiary/aromatic N) is 1. The van der Waals surface area contributed by atoms with Gasteiger partial charge in [-0.3, -0.25) is 0 Å². The van der Waals surface area contributed by atoms with Gasteiger partial charge in [-0.15, -0.1) is 0 Å². The molecule has 13 heavy (non-hydrogen) atoms. The van der Waals surface area contributed by atoms with E-state index in [0.717, 1.165) is 0 Å². The van der Waals surface area contributed by atoms with Crippen LogP contribution in [0.4, 0.5) is 0 Å². The maximum atomic E-state index is 5.80. The van der Waals surface area contributed by atoms with E-state index in [0.29, 0.717) is 11.8 Å². The maximum absolute atomic E-state index is 5.80. The Kier molecular flexibility index (Phi) is 3.25. The molecule has 0 saturated heterocycles. The quantitative estimate of drug-likeness (QED) is 0.767. The minimum absolute atomic E-state index is 0.145. The van der Waals surface area contributed by atoms with Gasteiger partial charge in [0.05, 0.1) is 7.11 Å². The second kappa shape index (κ2) is 4.23. The van der Waals surface area contributed by atoms with Crippen molar-refractivity contribution in [2.45, 2.75) is 25.8 Å². The zero-order valence-corrected chi connectivity index (χ0v) is 8.32. The Bertz CT molecular complexity index is 273. The van der Waals surface area contributed by atoms with Crippen LogP contribution in [0.15, 0.2) is 18.3 Å². The van der Waals surface area contributed by atoms with Gasteiger partial charge in [-0.1, -0.05) is 6.92 Å². The Balaban J connectivity index is 2.88. The first-order chi connectivity index (χ1) is 6.15. The summed E-state index contributed by atoms with van der Waals surface area (Å²) in [4.78, 5) is 4.04. The molecule has 0 fully saturated rings. The lowest BCUT2D eigenvalue weighted by atomic mass is 9.96. The van der Waals surface area contributed by atoms with E-state index >= 15 is 0 Å². The zero-order valence-electron chi connectivity index (χ0n) is 8.32. The number of ether oxygens (including phenoxy) is 1. The molecule has 0 aliphatic rings. The van der Waals surface area contributed by atoms with E-state index in [9.17, 15) is 0 Å². The van der Waals surface area contributed by atoms with Crippen LogP contribution in [0.2, 0.25) is 0 Å². The Morgan fingerprint density at radius 1 is 1.46 bits per heavy atom. The number of methoxy groups -OCH3 is 1. The fourth-order valence-electron chi connectivity index (χ4n) is 1.12. The molecule has 0 aliphatic carbocycles. The number of pyridine rings is 1. The first-order valence-electron chi connectivity index (χ1n) is 4.40. The lowest BCUT2D eigenvalue weighted by molar-refractivity contribution is 0.396. The summed E-state index contributed by atoms with van der Waals surface area (Å²) in [6, 6.07) is 4.04. The Morgan fingerprint density at radius 2 is 2.15 bits per heavy atom. The van der Waals surface area contributed by atoms with Crippen molar-refractivity contribution in [2.75, 3.05) is 7.11 Å². The Morgan fingerprint density at radius 3 is 2.69 bits per heavy atom. The van der Waals surface area contributed by atoms with Gasteiger partial charge < -0.3 is 10.5 Å². The number of nitrogens with two attached hydrogens (primary N) is 1. The van der Waals surface area contributed by atoms with Crippen molar-refractivity contribution < 1.29 is 4.74 Å². The number of hydrogen-bond donors (Lipinski definition) is 1. The van der Waals surface area contributed by atoms with Crippen molar-refractivity contribution in [2.24, 2.45) is 5.73 Å². The van der Waals surface area contributed by atoms with E-state index in [1.165, 1.54) is 5.56 Å². The van der Waals surface area contributed by atoms with Crippen LogP contribution >= 0.6 is 0 Å². The molecule has 0 spiro atoms. The van der Waals surface area contributed by atoms with E-state index in [1.54, 1.807) is 13.3 Å². The number of aromatic nitrogens is 1. The molecular weight excluding hydrogens is 164 g/mol. The van der Waals surface area contributed by atoms with Crippen LogP contribution in [0.3, 0.4) is 0 Å². The normalized spacial score (nSPS) is 15.1. The second-order valence-electron chi connectivity index (χ2n) is 3.28. The monoisotopic (exact) mass is 180 g/mol. The number of rotatable bonds is 3. The average molecular weight is 180 g/mol. The molecule has 0 bridgehead atoms. The van der Waals surface area contributed by atoms with E-state index < -0.39 is 0 Å². The van der Waals surface area contributed by atoms with E-state index in [2.05, 4.69) is 11.9 Å². The van der Waals surface area contributed by atoms with Crippen LogP contribution in [0.25, 0.3) is 0 Å². The second-order valence-corrected chi connectivity index (χ2v) is 3.28. The average Bonchev–Trinajstić information content (AvgIpc) is 2.16. The molecule has 1 heterocycles. The van der Waals surface area contributed by atoms with Crippen molar-refractivity contribution in [1.82, 2.24) is 4.98 Å². The molecule has 0 aliphatic heterocycles. The predicted molar refractivity (Wildman–Crippen MR) is 52.9 cm³/mol. The molecule has 3 heteroatoms. The van der Waals surface area contributed by atoms with Gasteiger partial charge in [0.2, 0.25) is 5.88 Å². The summed E-state index contributed by atoms with van der Waals surface area (Å²) in [6.45, 7) is 4.09. The molecule has 72 valence electrons. The maximum Gasteiger partial charge on any atom is 0.213 e. The first-order valence-corrected chi connectivity index (χ1v) is 4.40. The molecule has 0 amide bonds. The minimum Gasteiger partial charge on any atom is -0.481 e. The van der Waals surface area contributed by atoms with Crippen molar-refractivity contribution in [3.05, 3.63) is 23.9 Å². The third-order valence-electron chi connectivity index (χ3n) is 2.28. The van der Waals surface area contributed by atoms with Crippen molar-refractivity contribution in [3.8, 4) is 5.88 Å². The fraction of sp³-hybridized carbons (Fsp3) is 0.500. The van der Waals surface area contributed by atoms with Crippen LogP contribution in [0.5, 0.6) is 5.88 Å². The van der Waals surface area contributed by atoms with Gasteiger partial charge in [-0.25, -0.2) is 4.98 Å². The molecule has 0 radical (unpaired) electrons. The number of hydrogen-bond acceptors (Lipinski definition) is 3. The van der Waals surface area contributed by atoms with Gasteiger partial charge in [-0.05, 0) is 24.5 Å². The third-order valence-corrected chi connectivity index (χ3v) is 2.28. The van der Waals surface area contributed by atoms with Gasteiger partial charge in [-0.2, -0.15) is 0 Å². The van der Waals surface area contributed by atoms with E-state index in [1.807, 2.05) is 19.1 Å². The standard InChI is InChI=1S/C10H16N2O/c1-7(8(2)11)9-4-5-12-10(6-9)13-3/h4-8H,11H2,1-3H3. The van der Waals surface area contributed by atoms with Gasteiger partial charge in [0, 0.05) is 18.3 Å². The summed E-state index contributed by atoms with van der Waals surface area (Å²) in [5, 5.41) is 0. The van der Waals surface area contributed by atoms with Crippen LogP contribution in [0, 0.1) is 0 Å². The molecule has 2 atom stereocenters. The Hall–Kier alpha value is -1.09. The molecule has 1 aromatic rings. The molecule has 0 saturated carbocycles. The largest absolute Gasteiger partial charge is 0.481 e. The topological polar surface area (TPSA) is 48.1 Å². The summed E-state index contributed by atoms with van der Waals surface area (Å²) in [5.41, 5.74) is 6.97. The van der Waals surface area contributed by atoms with Crippen LogP contribution in [-0.4, -0.2) is 18.1 Å². The molecule has 0 aromatic carbocycles. The highest BCUT2D eigenvalue weighted by molar-refractivity contribution is 5.24. The summed E-state index contributed by atoms with van der Waals surface area (Å²) in [6.07, 6.45) is 1.74. The summed E-state index contributed by atoms with van der Waals surface area (Å²) < 4.78 is 5.03. The molecule has 3 nitrogen and oxygen atoms in total. The van der Waals surface area contributed by atoms with Crippen molar-refractivity contribution >= 4 is 0 Å². The van der Waals surface area contributed by atoms with Crippen LogP contribution in [0.1, 0.15) is 25.3 Å². The molecule has 1 aromatic heterocycles. The van der Waals surface area contributed by atoms with Crippen LogP contribution in [-0.2, 0) is 0 Å². The lowest BCUT2D eigenvalue weighted by Gasteiger charge is -2.15. The van der Waals surface area contributed by atoms with Gasteiger partial charge in [0.15, 0.2) is 0 Å². The van der Waals surface area contributed by atoms with E-state index in [4.69, 9.17) is 10.5 Å². The van der Waals surface area contributed by atoms with Crippen molar-refractivity contribution in [3.63, 3.8) is 0 Å². The van der Waals surface area contributed by atoms with E-state index in [-0.39, 0.29) is 6.04 Å².